The van der Waals surface area contributed by atoms with Crippen LogP contribution >= 0.6 is 0 Å². The van der Waals surface area contributed by atoms with Crippen LogP contribution < -0.4 is 0 Å². The number of carbonyl (C=O) groups excluding carboxylic acids is 1. The zero-order valence-electron chi connectivity index (χ0n) is 13.2. The first kappa shape index (κ1) is 21.9. The number of aliphatic hydroxyl groups is 1. The highest BCUT2D eigenvalue weighted by molar-refractivity contribution is 5.78. The van der Waals surface area contributed by atoms with Crippen LogP contribution in [0.25, 0.3) is 0 Å². The number of ketones is 1. The Bertz CT molecular complexity index is 153. The zero-order valence-corrected chi connectivity index (χ0v) is 13.2. The normalized spacial score (nSPS) is 12.8. The van der Waals surface area contributed by atoms with Crippen molar-refractivity contribution in [3.63, 3.8) is 0 Å². The second kappa shape index (κ2) is 15.6. The Hall–Kier alpha value is -0.370. The monoisotopic (exact) mass is 246 g/mol. The maximum Gasteiger partial charge on any atom is 0.133 e. The lowest BCUT2D eigenvalue weighted by molar-refractivity contribution is -0.122. The van der Waals surface area contributed by atoms with Crippen LogP contribution in [-0.2, 0) is 4.79 Å². The van der Waals surface area contributed by atoms with Gasteiger partial charge in [0.15, 0.2) is 0 Å². The highest BCUT2D eigenvalue weighted by Gasteiger charge is 2.17. The van der Waals surface area contributed by atoms with Gasteiger partial charge in [-0.25, -0.2) is 0 Å². The fourth-order valence-electron chi connectivity index (χ4n) is 1.38. The van der Waals surface area contributed by atoms with Gasteiger partial charge in [-0.15, -0.1) is 0 Å². The van der Waals surface area contributed by atoms with E-state index in [4.69, 9.17) is 5.11 Å². The first-order chi connectivity index (χ1) is 7.90. The average Bonchev–Trinajstić information content (AvgIpc) is 2.32. The molecule has 0 aromatic rings. The van der Waals surface area contributed by atoms with Crippen LogP contribution in [0.5, 0.6) is 0 Å². The molecule has 0 saturated heterocycles. The van der Waals surface area contributed by atoms with E-state index in [-0.39, 0.29) is 0 Å². The maximum atomic E-state index is 11.0. The van der Waals surface area contributed by atoms with E-state index < -0.39 is 0 Å². The van der Waals surface area contributed by atoms with Gasteiger partial charge in [0.25, 0.3) is 0 Å². The van der Waals surface area contributed by atoms with E-state index in [0.29, 0.717) is 30.1 Å². The van der Waals surface area contributed by atoms with Gasteiger partial charge >= 0.3 is 0 Å². The molecular weight excluding hydrogens is 212 g/mol. The molecule has 2 heteroatoms. The molecule has 0 amide bonds. The summed E-state index contributed by atoms with van der Waals surface area (Å²) in [6, 6.07) is 0. The van der Waals surface area contributed by atoms with E-state index in [1.165, 1.54) is 0 Å². The lowest BCUT2D eigenvalue weighted by Crippen LogP contribution is -2.17. The minimum atomic E-state index is 0.296. The Kier molecular flexibility index (Phi) is 20.1. The Labute approximate surface area is 109 Å². The smallest absolute Gasteiger partial charge is 0.133 e. The van der Waals surface area contributed by atoms with Gasteiger partial charge in [-0.3, -0.25) is 4.79 Å². The Morgan fingerprint density at radius 1 is 1.06 bits per heavy atom. The summed E-state index contributed by atoms with van der Waals surface area (Å²) in [6.45, 7) is 16.3. The molecule has 0 unspecified atom stereocenters. The van der Waals surface area contributed by atoms with Crippen molar-refractivity contribution < 1.29 is 9.90 Å². The van der Waals surface area contributed by atoms with E-state index in [2.05, 4.69) is 20.8 Å². The molecule has 0 spiro atoms. The van der Waals surface area contributed by atoms with Crippen molar-refractivity contribution in [3.05, 3.63) is 0 Å². The number of Topliss-reactive ketones (excluding diaryl/α,β-unsaturated/α-hetero) is 1. The summed E-state index contributed by atoms with van der Waals surface area (Å²) in [5, 5.41) is 8.14. The molecule has 17 heavy (non-hydrogen) atoms. The first-order valence-corrected chi connectivity index (χ1v) is 7.01. The van der Waals surface area contributed by atoms with Crippen molar-refractivity contribution in [1.29, 1.82) is 0 Å². The van der Waals surface area contributed by atoms with Gasteiger partial charge in [0.2, 0.25) is 0 Å². The predicted molar refractivity (Wildman–Crippen MR) is 77.2 cm³/mol. The summed E-state index contributed by atoms with van der Waals surface area (Å²) < 4.78 is 0. The highest BCUT2D eigenvalue weighted by Crippen LogP contribution is 2.18. The largest absolute Gasteiger partial charge is 0.396 e. The van der Waals surface area contributed by atoms with Crippen LogP contribution in [-0.4, -0.2) is 17.5 Å². The van der Waals surface area contributed by atoms with Crippen LogP contribution in [0, 0.1) is 17.8 Å². The molecule has 0 aliphatic carbocycles. The van der Waals surface area contributed by atoms with Crippen molar-refractivity contribution in [2.75, 3.05) is 6.61 Å². The predicted octanol–water partition coefficient (Wildman–Crippen LogP) is 4.31. The lowest BCUT2D eigenvalue weighted by atomic mass is 9.87. The first-order valence-electron chi connectivity index (χ1n) is 7.01. The van der Waals surface area contributed by atoms with Gasteiger partial charge in [0.1, 0.15) is 5.78 Å². The van der Waals surface area contributed by atoms with E-state index in [0.717, 1.165) is 12.8 Å². The molecule has 0 aliphatic heterocycles. The molecule has 0 saturated carbocycles. The summed E-state index contributed by atoms with van der Waals surface area (Å²) in [4.78, 5) is 11.0. The lowest BCUT2D eigenvalue weighted by Gasteiger charge is -2.17. The molecule has 106 valence electrons. The summed E-state index contributed by atoms with van der Waals surface area (Å²) in [5.41, 5.74) is 0. The molecular formula is C15H34O2. The van der Waals surface area contributed by atoms with Crippen LogP contribution in [0.2, 0.25) is 0 Å². The fraction of sp³-hybridized carbons (Fsp3) is 0.933. The maximum absolute atomic E-state index is 11.0. The van der Waals surface area contributed by atoms with Crippen LogP contribution in [0.3, 0.4) is 0 Å². The van der Waals surface area contributed by atoms with E-state index in [1.54, 1.807) is 6.92 Å². The van der Waals surface area contributed by atoms with Crippen molar-refractivity contribution in [2.24, 2.45) is 17.8 Å². The topological polar surface area (TPSA) is 37.3 Å². The third kappa shape index (κ3) is 15.6. The number of hydrogen-bond acceptors (Lipinski definition) is 2. The fourth-order valence-corrected chi connectivity index (χ4v) is 1.38. The Balaban J connectivity index is -0.000000236. The third-order valence-electron chi connectivity index (χ3n) is 2.66. The molecule has 0 aromatic carbocycles. The third-order valence-corrected chi connectivity index (χ3v) is 2.66. The quantitative estimate of drug-likeness (QED) is 0.785. The van der Waals surface area contributed by atoms with Gasteiger partial charge in [-0.05, 0) is 25.2 Å². The van der Waals surface area contributed by atoms with Gasteiger partial charge in [-0.1, -0.05) is 54.9 Å². The molecule has 0 fully saturated rings. The van der Waals surface area contributed by atoms with Gasteiger partial charge in [0.05, 0.1) is 0 Å². The van der Waals surface area contributed by atoms with Crippen LogP contribution in [0.4, 0.5) is 0 Å². The summed E-state index contributed by atoms with van der Waals surface area (Å²) >= 11 is 0. The van der Waals surface area contributed by atoms with Gasteiger partial charge in [-0.2, -0.15) is 0 Å². The highest BCUT2D eigenvalue weighted by atomic mass is 16.3. The van der Waals surface area contributed by atoms with E-state index in [1.807, 2.05) is 27.7 Å². The second-order valence-corrected chi connectivity index (χ2v) is 4.59. The SMILES string of the molecule is CC.CC(C)CO.CC[C@H](C(C)=O)[C@@H](C)CC. The number of hydrogen-bond donors (Lipinski definition) is 1. The van der Waals surface area contributed by atoms with E-state index in [9.17, 15) is 4.79 Å². The Morgan fingerprint density at radius 3 is 1.47 bits per heavy atom. The molecule has 2 atom stereocenters. The van der Waals surface area contributed by atoms with Crippen molar-refractivity contribution in [2.45, 2.75) is 68.2 Å². The molecule has 0 radical (unpaired) electrons. The average molecular weight is 246 g/mol. The molecule has 0 bridgehead atoms. The molecule has 0 heterocycles. The summed E-state index contributed by atoms with van der Waals surface area (Å²) in [7, 11) is 0. The van der Waals surface area contributed by atoms with Crippen molar-refractivity contribution >= 4 is 5.78 Å². The summed E-state index contributed by atoms with van der Waals surface area (Å²) in [5.74, 6) is 1.64. The molecule has 1 N–H and O–H groups in total. The molecule has 0 rings (SSSR count). The number of aliphatic hydroxyl groups excluding tert-OH is 1. The standard InChI is InChI=1S/C9H18O.C4H10O.C2H6/c1-5-7(3)9(6-2)8(4)10;1-4(2)3-5;1-2/h7,9H,5-6H2,1-4H3;4-5H,3H2,1-2H3;1-2H3/t7-,9-;;/m0../s1. The van der Waals surface area contributed by atoms with Crippen molar-refractivity contribution in [1.82, 2.24) is 0 Å². The van der Waals surface area contributed by atoms with Crippen LogP contribution in [0.1, 0.15) is 68.2 Å². The second-order valence-electron chi connectivity index (χ2n) is 4.59. The molecule has 0 aliphatic rings. The van der Waals surface area contributed by atoms with Crippen molar-refractivity contribution in [3.8, 4) is 0 Å². The minimum Gasteiger partial charge on any atom is -0.396 e. The Morgan fingerprint density at radius 2 is 1.41 bits per heavy atom. The van der Waals surface area contributed by atoms with Gasteiger partial charge < -0.3 is 5.11 Å². The summed E-state index contributed by atoms with van der Waals surface area (Å²) in [6.07, 6.45) is 2.10. The zero-order chi connectivity index (χ0) is 14.4. The van der Waals surface area contributed by atoms with Crippen LogP contribution in [0.15, 0.2) is 0 Å². The number of rotatable bonds is 5. The van der Waals surface area contributed by atoms with E-state index >= 15 is 0 Å². The molecule has 2 nitrogen and oxygen atoms in total. The molecule has 0 aromatic heterocycles. The minimum absolute atomic E-state index is 0.296. The van der Waals surface area contributed by atoms with Gasteiger partial charge in [0, 0.05) is 12.5 Å². The number of carbonyl (C=O) groups is 1.